The molecule has 35 heavy (non-hydrogen) atoms. The van der Waals surface area contributed by atoms with Gasteiger partial charge in [0.2, 0.25) is 5.91 Å². The summed E-state index contributed by atoms with van der Waals surface area (Å²) in [6.45, 7) is 1.22. The molecule has 2 amide bonds. The van der Waals surface area contributed by atoms with Crippen molar-refractivity contribution in [2.75, 3.05) is 31.6 Å². The quantitative estimate of drug-likeness (QED) is 0.712. The van der Waals surface area contributed by atoms with Crippen molar-refractivity contribution in [3.63, 3.8) is 0 Å². The molecule has 1 unspecified atom stereocenters. The van der Waals surface area contributed by atoms with Gasteiger partial charge in [0.25, 0.3) is 5.91 Å². The fourth-order valence-electron chi connectivity index (χ4n) is 5.16. The molecule has 4 rings (SSSR count). The molecule has 0 aromatic heterocycles. The lowest BCUT2D eigenvalue weighted by molar-refractivity contribution is -0.137. The lowest BCUT2D eigenvalue weighted by atomic mass is 9.76. The first-order valence-corrected chi connectivity index (χ1v) is 11.2. The summed E-state index contributed by atoms with van der Waals surface area (Å²) < 4.78 is 45.8. The van der Waals surface area contributed by atoms with Crippen LogP contribution in [-0.2, 0) is 11.0 Å². The topological polar surface area (TPSA) is 99.7 Å². The minimum absolute atomic E-state index is 0.152. The summed E-state index contributed by atoms with van der Waals surface area (Å²) >= 11 is 0. The summed E-state index contributed by atoms with van der Waals surface area (Å²) in [5.41, 5.74) is 4.42. The highest BCUT2D eigenvalue weighted by Gasteiger charge is 2.48. The molecule has 2 N–H and O–H groups in total. The van der Waals surface area contributed by atoms with Crippen molar-refractivity contribution >= 4 is 17.5 Å². The Morgan fingerprint density at radius 2 is 1.86 bits per heavy atom. The third-order valence-corrected chi connectivity index (χ3v) is 7.05. The van der Waals surface area contributed by atoms with Gasteiger partial charge in [0.05, 0.1) is 29.9 Å². The third-order valence-electron chi connectivity index (χ3n) is 7.05. The molecule has 1 spiro atoms. The number of amides is 2. The number of nitrogens with zero attached hydrogens (tertiary/aromatic N) is 3. The number of ether oxygens (including phenoxy) is 1. The molecule has 1 atom stereocenters. The summed E-state index contributed by atoms with van der Waals surface area (Å²) in [6, 6.07) is 11.2. The normalized spacial score (nSPS) is 19.5. The molecule has 184 valence electrons. The Balaban J connectivity index is 1.55. The molecule has 2 saturated heterocycles. The Hall–Kier alpha value is -3.74. The van der Waals surface area contributed by atoms with E-state index in [0.29, 0.717) is 50.2 Å². The average Bonchev–Trinajstić information content (AvgIpc) is 3.22. The van der Waals surface area contributed by atoms with Crippen LogP contribution >= 0.6 is 0 Å². The van der Waals surface area contributed by atoms with Gasteiger partial charge >= 0.3 is 6.18 Å². The fourth-order valence-corrected chi connectivity index (χ4v) is 5.16. The lowest BCUT2D eigenvalue weighted by Crippen LogP contribution is -2.44. The van der Waals surface area contributed by atoms with E-state index in [-0.39, 0.29) is 17.0 Å². The summed E-state index contributed by atoms with van der Waals surface area (Å²) in [6.07, 6.45) is -3.15. The first-order valence-electron chi connectivity index (χ1n) is 11.2. The zero-order valence-corrected chi connectivity index (χ0v) is 19.1. The van der Waals surface area contributed by atoms with Gasteiger partial charge in [0.1, 0.15) is 11.8 Å². The van der Waals surface area contributed by atoms with E-state index in [1.165, 1.54) is 13.2 Å². The fraction of sp³-hybridized carbons (Fsp3) is 0.400. The maximum absolute atomic E-state index is 13.5. The minimum atomic E-state index is -4.70. The van der Waals surface area contributed by atoms with E-state index >= 15 is 0 Å². The van der Waals surface area contributed by atoms with E-state index in [0.717, 1.165) is 12.1 Å². The average molecular weight is 486 g/mol. The maximum Gasteiger partial charge on any atom is 0.417 e. The van der Waals surface area contributed by atoms with Gasteiger partial charge in [-0.05, 0) is 55.0 Å². The number of likely N-dealkylation sites (tertiary alicyclic amines) is 1. The zero-order chi connectivity index (χ0) is 25.4. The maximum atomic E-state index is 13.5. The number of alkyl halides is 3. The van der Waals surface area contributed by atoms with Crippen molar-refractivity contribution in [3.05, 3.63) is 59.2 Å². The number of carbonyl (C=O) groups excluding carboxylic acids is 2. The molecular formula is C25H25F3N4O3. The van der Waals surface area contributed by atoms with Crippen molar-refractivity contribution < 1.29 is 27.5 Å². The molecular weight excluding hydrogens is 461 g/mol. The Kier molecular flexibility index (Phi) is 6.36. The van der Waals surface area contributed by atoms with Crippen molar-refractivity contribution in [2.45, 2.75) is 31.5 Å². The second kappa shape index (κ2) is 9.13. The van der Waals surface area contributed by atoms with E-state index < -0.39 is 29.3 Å². The molecule has 7 nitrogen and oxygen atoms in total. The number of anilines is 1. The van der Waals surface area contributed by atoms with Crippen molar-refractivity contribution in [1.29, 1.82) is 5.26 Å². The number of para-hydroxylation sites is 1. The second-order valence-corrected chi connectivity index (χ2v) is 9.08. The first kappa shape index (κ1) is 24.4. The Morgan fingerprint density at radius 1 is 1.17 bits per heavy atom. The molecule has 0 saturated carbocycles. The number of rotatable bonds is 4. The Morgan fingerprint density at radius 3 is 2.46 bits per heavy atom. The number of primary amides is 1. The first-order chi connectivity index (χ1) is 16.6. The number of hydrogen-bond donors (Lipinski definition) is 1. The highest BCUT2D eigenvalue weighted by molar-refractivity contribution is 5.97. The van der Waals surface area contributed by atoms with E-state index in [2.05, 4.69) is 0 Å². The number of nitrogens with two attached hydrogens (primary N) is 1. The van der Waals surface area contributed by atoms with E-state index in [1.807, 2.05) is 0 Å². The molecule has 0 bridgehead atoms. The zero-order valence-electron chi connectivity index (χ0n) is 19.1. The van der Waals surface area contributed by atoms with Gasteiger partial charge in [-0.2, -0.15) is 18.4 Å². The molecule has 2 aromatic carbocycles. The van der Waals surface area contributed by atoms with Crippen LogP contribution in [-0.4, -0.2) is 49.5 Å². The number of nitriles is 1. The Bertz CT molecular complexity index is 1180. The molecule has 2 aliphatic heterocycles. The SMILES string of the molecule is COc1ccccc1C(=O)N1CCC2(CC1)CC(C(N)=O)N(c1ccc(C#N)c(C(F)(F)F)c1)C2. The summed E-state index contributed by atoms with van der Waals surface area (Å²) in [7, 11) is 1.50. The van der Waals surface area contributed by atoms with Crippen molar-refractivity contribution in [2.24, 2.45) is 11.1 Å². The van der Waals surface area contributed by atoms with Crippen LogP contribution in [0.5, 0.6) is 5.75 Å². The highest BCUT2D eigenvalue weighted by Crippen LogP contribution is 2.46. The summed E-state index contributed by atoms with van der Waals surface area (Å²) in [5, 5.41) is 9.08. The van der Waals surface area contributed by atoms with Crippen LogP contribution < -0.4 is 15.4 Å². The Labute approximate surface area is 200 Å². The van der Waals surface area contributed by atoms with E-state index in [4.69, 9.17) is 15.7 Å². The van der Waals surface area contributed by atoms with Crippen LogP contribution in [0.2, 0.25) is 0 Å². The van der Waals surface area contributed by atoms with Crippen LogP contribution in [0.15, 0.2) is 42.5 Å². The van der Waals surface area contributed by atoms with Crippen LogP contribution in [0.3, 0.4) is 0 Å². The molecule has 2 aliphatic rings. The standard InChI is InChI=1S/C25H25F3N4O3/c1-35-21-5-3-2-4-18(21)23(34)31-10-8-24(9-11-31)13-20(22(30)33)32(15-24)17-7-6-16(14-29)19(12-17)25(26,27)28/h2-7,12,20H,8-11,13,15H2,1H3,(H2,30,33). The lowest BCUT2D eigenvalue weighted by Gasteiger charge is -2.39. The number of hydrogen-bond acceptors (Lipinski definition) is 5. The smallest absolute Gasteiger partial charge is 0.417 e. The van der Waals surface area contributed by atoms with Crippen LogP contribution in [0, 0.1) is 16.7 Å². The largest absolute Gasteiger partial charge is 0.496 e. The number of carbonyl (C=O) groups is 2. The molecule has 10 heteroatoms. The van der Waals surface area contributed by atoms with Crippen molar-refractivity contribution in [1.82, 2.24) is 4.90 Å². The van der Waals surface area contributed by atoms with Gasteiger partial charge in [-0.25, -0.2) is 0 Å². The van der Waals surface area contributed by atoms with Gasteiger partial charge in [-0.15, -0.1) is 0 Å². The number of halogens is 3. The predicted octanol–water partition coefficient (Wildman–Crippen LogP) is 3.57. The molecule has 0 radical (unpaired) electrons. The van der Waals surface area contributed by atoms with Crippen LogP contribution in [0.1, 0.15) is 40.7 Å². The van der Waals surface area contributed by atoms with E-state index in [1.54, 1.807) is 40.1 Å². The van der Waals surface area contributed by atoms with Gasteiger partial charge in [-0.3, -0.25) is 9.59 Å². The third kappa shape index (κ3) is 4.63. The van der Waals surface area contributed by atoms with Crippen LogP contribution in [0.25, 0.3) is 0 Å². The number of methoxy groups -OCH3 is 1. The molecule has 2 aromatic rings. The minimum Gasteiger partial charge on any atom is -0.496 e. The number of benzene rings is 2. The van der Waals surface area contributed by atoms with Crippen molar-refractivity contribution in [3.8, 4) is 11.8 Å². The highest BCUT2D eigenvalue weighted by atomic mass is 19.4. The summed E-state index contributed by atoms with van der Waals surface area (Å²) in [4.78, 5) is 28.7. The molecule has 2 heterocycles. The summed E-state index contributed by atoms with van der Waals surface area (Å²) in [5.74, 6) is -0.284. The van der Waals surface area contributed by atoms with Gasteiger partial charge < -0.3 is 20.3 Å². The molecule has 2 fully saturated rings. The van der Waals surface area contributed by atoms with Gasteiger partial charge in [0.15, 0.2) is 0 Å². The second-order valence-electron chi connectivity index (χ2n) is 9.08. The predicted molar refractivity (Wildman–Crippen MR) is 122 cm³/mol. The van der Waals surface area contributed by atoms with Crippen LogP contribution in [0.4, 0.5) is 18.9 Å². The van der Waals surface area contributed by atoms with E-state index in [9.17, 15) is 22.8 Å². The van der Waals surface area contributed by atoms with Gasteiger partial charge in [-0.1, -0.05) is 12.1 Å². The molecule has 0 aliphatic carbocycles. The van der Waals surface area contributed by atoms with Gasteiger partial charge in [0, 0.05) is 25.3 Å². The number of piperidine rings is 1. The monoisotopic (exact) mass is 486 g/mol.